The molecule has 0 saturated carbocycles. The third kappa shape index (κ3) is 8.52. The topological polar surface area (TPSA) is 80.9 Å². The summed E-state index contributed by atoms with van der Waals surface area (Å²) in [7, 11) is 0. The fourth-order valence-corrected chi connectivity index (χ4v) is 3.20. The number of aromatic nitrogens is 1. The fourth-order valence-electron chi connectivity index (χ4n) is 3.20. The van der Waals surface area contributed by atoms with E-state index in [-0.39, 0.29) is 30.0 Å². The van der Waals surface area contributed by atoms with Crippen LogP contribution in [0.1, 0.15) is 69.2 Å². The molecule has 1 unspecified atom stereocenters. The zero-order chi connectivity index (χ0) is 22.6. The first-order valence-electron chi connectivity index (χ1n) is 11.4. The van der Waals surface area contributed by atoms with Gasteiger partial charge in [-0.15, -0.1) is 24.0 Å². The highest BCUT2D eigenvalue weighted by Crippen LogP contribution is 2.31. The summed E-state index contributed by atoms with van der Waals surface area (Å²) in [5.41, 5.74) is 3.18. The Kier molecular flexibility index (Phi) is 13.1. The predicted molar refractivity (Wildman–Crippen MR) is 141 cm³/mol. The van der Waals surface area contributed by atoms with Crippen LogP contribution in [-0.4, -0.2) is 37.4 Å². The number of halogens is 1. The lowest BCUT2D eigenvalue weighted by atomic mass is 10.1. The molecule has 0 saturated heterocycles. The molecule has 2 rings (SSSR count). The Morgan fingerprint density at radius 1 is 1.09 bits per heavy atom. The van der Waals surface area contributed by atoms with Crippen LogP contribution in [0.4, 0.5) is 0 Å². The number of aryl methyl sites for hydroxylation is 2. The van der Waals surface area contributed by atoms with Crippen LogP contribution >= 0.6 is 24.0 Å². The van der Waals surface area contributed by atoms with Crippen LogP contribution in [0.25, 0.3) is 0 Å². The van der Waals surface area contributed by atoms with Crippen LogP contribution < -0.4 is 20.1 Å². The average Bonchev–Trinajstić information content (AvgIpc) is 3.08. The van der Waals surface area contributed by atoms with E-state index in [9.17, 15) is 0 Å². The first-order chi connectivity index (χ1) is 15.0. The van der Waals surface area contributed by atoms with Crippen molar-refractivity contribution in [1.82, 2.24) is 15.8 Å². The zero-order valence-electron chi connectivity index (χ0n) is 20.3. The van der Waals surface area contributed by atoms with Crippen LogP contribution in [0.15, 0.2) is 27.7 Å². The van der Waals surface area contributed by atoms with Gasteiger partial charge in [0.25, 0.3) is 0 Å². The number of nitrogens with one attached hydrogen (secondary N) is 2. The molecule has 0 fully saturated rings. The van der Waals surface area contributed by atoms with E-state index in [1.54, 1.807) is 0 Å². The lowest BCUT2D eigenvalue weighted by Gasteiger charge is -2.20. The number of ether oxygens (including phenoxy) is 2. The van der Waals surface area contributed by atoms with Crippen LogP contribution in [-0.2, 0) is 6.42 Å². The van der Waals surface area contributed by atoms with Crippen LogP contribution in [0.5, 0.6) is 11.5 Å². The molecule has 0 aliphatic rings. The van der Waals surface area contributed by atoms with Crippen molar-refractivity contribution in [2.45, 2.75) is 66.8 Å². The van der Waals surface area contributed by atoms with Crippen molar-refractivity contribution in [2.75, 3.05) is 26.3 Å². The quantitative estimate of drug-likeness (QED) is 0.208. The minimum Gasteiger partial charge on any atom is -0.490 e. The van der Waals surface area contributed by atoms with Gasteiger partial charge in [0, 0.05) is 18.7 Å². The Balaban J connectivity index is 0.00000512. The van der Waals surface area contributed by atoms with Gasteiger partial charge in [-0.25, -0.2) is 0 Å². The lowest BCUT2D eigenvalue weighted by Crippen LogP contribution is -2.38. The molecule has 0 bridgehead atoms. The maximum absolute atomic E-state index is 5.94. The maximum Gasteiger partial charge on any atom is 0.191 e. The first kappa shape index (κ1) is 28.1. The van der Waals surface area contributed by atoms with Gasteiger partial charge in [-0.1, -0.05) is 25.1 Å². The van der Waals surface area contributed by atoms with Crippen molar-refractivity contribution in [3.63, 3.8) is 0 Å². The van der Waals surface area contributed by atoms with Crippen molar-refractivity contribution in [1.29, 1.82) is 0 Å². The van der Waals surface area contributed by atoms with Gasteiger partial charge in [-0.2, -0.15) is 0 Å². The molecular weight excluding hydrogens is 519 g/mol. The van der Waals surface area contributed by atoms with Gasteiger partial charge in [0.05, 0.1) is 24.9 Å². The van der Waals surface area contributed by atoms with Crippen LogP contribution in [0, 0.1) is 13.8 Å². The number of benzene rings is 1. The van der Waals surface area contributed by atoms with E-state index in [1.165, 1.54) is 0 Å². The summed E-state index contributed by atoms with van der Waals surface area (Å²) < 4.78 is 17.0. The molecule has 1 aromatic carbocycles. The Bertz CT molecular complexity index is 819. The molecule has 1 aromatic heterocycles. The molecule has 0 radical (unpaired) electrons. The van der Waals surface area contributed by atoms with Gasteiger partial charge in [0.2, 0.25) is 0 Å². The van der Waals surface area contributed by atoms with Crippen molar-refractivity contribution in [3.05, 3.63) is 40.8 Å². The van der Waals surface area contributed by atoms with E-state index < -0.39 is 0 Å². The SMILES string of the molecule is CCCOc1ccc(C(C)NC(=NCCc2c(C)noc2C)NCC)cc1OCCC.I. The number of rotatable bonds is 12. The smallest absolute Gasteiger partial charge is 0.191 e. The third-order valence-electron chi connectivity index (χ3n) is 4.90. The molecule has 0 aliphatic heterocycles. The average molecular weight is 559 g/mol. The summed E-state index contributed by atoms with van der Waals surface area (Å²) in [4.78, 5) is 4.74. The molecule has 180 valence electrons. The van der Waals surface area contributed by atoms with Gasteiger partial charge in [-0.05, 0) is 64.7 Å². The number of nitrogens with zero attached hydrogens (tertiary/aromatic N) is 2. The highest BCUT2D eigenvalue weighted by molar-refractivity contribution is 14.0. The molecule has 0 spiro atoms. The van der Waals surface area contributed by atoms with Gasteiger partial charge in [0.1, 0.15) is 5.76 Å². The standard InChI is InChI=1S/C24H38N4O3.HI/c1-7-14-29-22-11-10-20(16-23(22)30-15-8-2)17(4)27-24(25-9-3)26-13-12-21-18(5)28-31-19(21)6;/h10-11,16-17H,7-9,12-15H2,1-6H3,(H2,25,26,27);1H. The molecule has 7 nitrogen and oxygen atoms in total. The Morgan fingerprint density at radius 3 is 2.38 bits per heavy atom. The highest BCUT2D eigenvalue weighted by Gasteiger charge is 2.13. The molecule has 1 heterocycles. The van der Waals surface area contributed by atoms with E-state index >= 15 is 0 Å². The second-order valence-corrected chi connectivity index (χ2v) is 7.58. The monoisotopic (exact) mass is 558 g/mol. The minimum atomic E-state index is 0. The first-order valence-corrected chi connectivity index (χ1v) is 11.4. The zero-order valence-corrected chi connectivity index (χ0v) is 22.6. The van der Waals surface area contributed by atoms with Crippen molar-refractivity contribution in [2.24, 2.45) is 4.99 Å². The maximum atomic E-state index is 5.94. The molecule has 8 heteroatoms. The van der Waals surface area contributed by atoms with Crippen LogP contribution in [0.3, 0.4) is 0 Å². The molecule has 0 amide bonds. The van der Waals surface area contributed by atoms with E-state index in [4.69, 9.17) is 19.0 Å². The predicted octanol–water partition coefficient (Wildman–Crippen LogP) is 5.35. The molecule has 32 heavy (non-hydrogen) atoms. The second-order valence-electron chi connectivity index (χ2n) is 7.58. The second kappa shape index (κ2) is 15.0. The highest BCUT2D eigenvalue weighted by atomic mass is 127. The van der Waals surface area contributed by atoms with E-state index in [2.05, 4.69) is 55.6 Å². The summed E-state index contributed by atoms with van der Waals surface area (Å²) in [6.45, 7) is 15.1. The number of guanidine groups is 1. The summed E-state index contributed by atoms with van der Waals surface area (Å²) >= 11 is 0. The number of aliphatic imine (C=N–C) groups is 1. The molecule has 0 aliphatic carbocycles. The van der Waals surface area contributed by atoms with Crippen molar-refractivity contribution in [3.8, 4) is 11.5 Å². The number of hydrogen-bond donors (Lipinski definition) is 2. The Hall–Kier alpha value is -1.97. The van der Waals surface area contributed by atoms with Crippen LogP contribution in [0.2, 0.25) is 0 Å². The molecule has 1 atom stereocenters. The van der Waals surface area contributed by atoms with E-state index in [0.717, 1.165) is 65.8 Å². The molecule has 2 N–H and O–H groups in total. The van der Waals surface area contributed by atoms with Gasteiger partial charge < -0.3 is 24.6 Å². The molecule has 2 aromatic rings. The van der Waals surface area contributed by atoms with Crippen molar-refractivity contribution >= 4 is 29.9 Å². The summed E-state index contributed by atoms with van der Waals surface area (Å²) in [5.74, 6) is 3.24. The normalized spacial score (nSPS) is 12.1. The summed E-state index contributed by atoms with van der Waals surface area (Å²) in [5, 5.41) is 10.8. The number of hydrogen-bond acceptors (Lipinski definition) is 5. The largest absolute Gasteiger partial charge is 0.490 e. The van der Waals surface area contributed by atoms with E-state index in [0.29, 0.717) is 19.8 Å². The van der Waals surface area contributed by atoms with E-state index in [1.807, 2.05) is 19.9 Å². The van der Waals surface area contributed by atoms with Gasteiger partial charge in [0.15, 0.2) is 17.5 Å². The Morgan fingerprint density at radius 2 is 1.78 bits per heavy atom. The Labute approximate surface area is 209 Å². The van der Waals surface area contributed by atoms with Gasteiger partial charge >= 0.3 is 0 Å². The van der Waals surface area contributed by atoms with Gasteiger partial charge in [-0.3, -0.25) is 4.99 Å². The third-order valence-corrected chi connectivity index (χ3v) is 4.90. The summed E-state index contributed by atoms with van der Waals surface area (Å²) in [6, 6.07) is 6.19. The molecular formula is C24H39IN4O3. The fraction of sp³-hybridized carbons (Fsp3) is 0.583. The summed E-state index contributed by atoms with van der Waals surface area (Å²) in [6.07, 6.45) is 2.71. The minimum absolute atomic E-state index is 0. The van der Waals surface area contributed by atoms with Crippen molar-refractivity contribution < 1.29 is 14.0 Å². The lowest BCUT2D eigenvalue weighted by molar-refractivity contribution is 0.268.